The van der Waals surface area contributed by atoms with Gasteiger partial charge in [-0.2, -0.15) is 13.2 Å². The van der Waals surface area contributed by atoms with E-state index in [1.165, 1.54) is 30.3 Å². The van der Waals surface area contributed by atoms with Gasteiger partial charge < -0.3 is 21.5 Å². The first-order valence-corrected chi connectivity index (χ1v) is 10.5. The van der Waals surface area contributed by atoms with Gasteiger partial charge in [0.05, 0.1) is 28.2 Å². The maximum atomic E-state index is 14.4. The number of nitrogen functional groups attached to an aromatic ring is 2. The number of hydrogen-bond acceptors (Lipinski definition) is 6. The third kappa shape index (κ3) is 5.69. The molecule has 0 unspecified atom stereocenters. The minimum absolute atomic E-state index is 0.0501. The first-order chi connectivity index (χ1) is 17.1. The number of alkyl halides is 3. The lowest BCUT2D eigenvalue weighted by Gasteiger charge is -2.11. The summed E-state index contributed by atoms with van der Waals surface area (Å²) >= 11 is 0. The summed E-state index contributed by atoms with van der Waals surface area (Å²) in [5.74, 6) is -0.877. The molecule has 184 valence electrons. The number of nitrogens with two attached hydrogens (primary N) is 2. The van der Waals surface area contributed by atoms with Crippen molar-refractivity contribution in [2.75, 3.05) is 16.8 Å². The predicted molar refractivity (Wildman–Crippen MR) is 126 cm³/mol. The van der Waals surface area contributed by atoms with Crippen LogP contribution in [0.15, 0.2) is 72.9 Å². The second kappa shape index (κ2) is 9.90. The number of anilines is 3. The van der Waals surface area contributed by atoms with Crippen molar-refractivity contribution in [3.05, 3.63) is 95.6 Å². The zero-order valence-electron chi connectivity index (χ0n) is 18.5. The zero-order valence-corrected chi connectivity index (χ0v) is 18.5. The Morgan fingerprint density at radius 3 is 2.36 bits per heavy atom. The molecule has 0 fully saturated rings. The molecule has 5 N–H and O–H groups in total. The van der Waals surface area contributed by atoms with Crippen molar-refractivity contribution in [2.45, 2.75) is 12.8 Å². The SMILES string of the molecule is Nc1ccc(-c2ccc(F)c(C(=O)Nc3ccc(OCc4ccc(C(F)(F)F)cn4)cc3)c2)nc1N. The Morgan fingerprint density at radius 1 is 0.972 bits per heavy atom. The number of benzene rings is 2. The Labute approximate surface area is 202 Å². The van der Waals surface area contributed by atoms with Gasteiger partial charge in [0.25, 0.3) is 5.91 Å². The number of hydrogen-bond donors (Lipinski definition) is 3. The average Bonchev–Trinajstić information content (AvgIpc) is 2.85. The maximum Gasteiger partial charge on any atom is 0.417 e. The highest BCUT2D eigenvalue weighted by molar-refractivity contribution is 6.05. The highest BCUT2D eigenvalue weighted by Crippen LogP contribution is 2.29. The maximum absolute atomic E-state index is 14.4. The van der Waals surface area contributed by atoms with E-state index in [0.29, 0.717) is 34.1 Å². The van der Waals surface area contributed by atoms with Crippen molar-refractivity contribution in [3.63, 3.8) is 0 Å². The lowest BCUT2D eigenvalue weighted by molar-refractivity contribution is -0.137. The van der Waals surface area contributed by atoms with Crippen LogP contribution in [0.25, 0.3) is 11.3 Å². The van der Waals surface area contributed by atoms with Crippen LogP contribution >= 0.6 is 0 Å². The molecule has 0 atom stereocenters. The molecule has 7 nitrogen and oxygen atoms in total. The number of ether oxygens (including phenoxy) is 1. The first kappa shape index (κ1) is 24.5. The highest BCUT2D eigenvalue weighted by atomic mass is 19.4. The van der Waals surface area contributed by atoms with Crippen molar-refractivity contribution in [2.24, 2.45) is 0 Å². The van der Waals surface area contributed by atoms with Crippen LogP contribution in [0.5, 0.6) is 5.75 Å². The van der Waals surface area contributed by atoms with Gasteiger partial charge in [-0.25, -0.2) is 9.37 Å². The second-order valence-electron chi connectivity index (χ2n) is 7.67. The Hall–Kier alpha value is -4.67. The Balaban J connectivity index is 1.40. The van der Waals surface area contributed by atoms with E-state index in [1.807, 2.05) is 0 Å². The summed E-state index contributed by atoms with van der Waals surface area (Å²) < 4.78 is 57.8. The smallest absolute Gasteiger partial charge is 0.417 e. The monoisotopic (exact) mass is 497 g/mol. The number of nitrogens with one attached hydrogen (secondary N) is 1. The van der Waals surface area contributed by atoms with Gasteiger partial charge >= 0.3 is 6.18 Å². The van der Waals surface area contributed by atoms with Gasteiger partial charge in [0, 0.05) is 17.4 Å². The predicted octanol–water partition coefficient (Wildman–Crippen LogP) is 5.30. The summed E-state index contributed by atoms with van der Waals surface area (Å²) in [6.07, 6.45) is -3.72. The molecule has 36 heavy (non-hydrogen) atoms. The molecule has 0 saturated carbocycles. The van der Waals surface area contributed by atoms with Crippen LogP contribution in [0.3, 0.4) is 0 Å². The molecule has 2 aromatic heterocycles. The third-order valence-corrected chi connectivity index (χ3v) is 5.12. The molecule has 2 aromatic carbocycles. The van der Waals surface area contributed by atoms with Gasteiger partial charge in [0.2, 0.25) is 0 Å². The fraction of sp³-hybridized carbons (Fsp3) is 0.0800. The van der Waals surface area contributed by atoms with Crippen molar-refractivity contribution in [3.8, 4) is 17.0 Å². The van der Waals surface area contributed by atoms with E-state index < -0.39 is 23.5 Å². The Bertz CT molecular complexity index is 1390. The summed E-state index contributed by atoms with van der Waals surface area (Å²) in [6, 6.07) is 15.5. The molecular formula is C25H19F4N5O2. The van der Waals surface area contributed by atoms with E-state index in [4.69, 9.17) is 16.2 Å². The molecule has 2 heterocycles. The van der Waals surface area contributed by atoms with Crippen LogP contribution < -0.4 is 21.5 Å². The van der Waals surface area contributed by atoms with Gasteiger partial charge in [0.1, 0.15) is 24.0 Å². The van der Waals surface area contributed by atoms with Crippen LogP contribution in [0.4, 0.5) is 34.8 Å². The van der Waals surface area contributed by atoms with Gasteiger partial charge in [0.15, 0.2) is 0 Å². The summed E-state index contributed by atoms with van der Waals surface area (Å²) in [4.78, 5) is 20.6. The fourth-order valence-corrected chi connectivity index (χ4v) is 3.17. The van der Waals surface area contributed by atoms with Gasteiger partial charge in [-0.3, -0.25) is 9.78 Å². The number of nitrogens with zero attached hydrogens (tertiary/aromatic N) is 2. The number of carbonyl (C=O) groups is 1. The van der Waals surface area contributed by atoms with Crippen LogP contribution in [0, 0.1) is 5.82 Å². The van der Waals surface area contributed by atoms with E-state index in [0.717, 1.165) is 18.3 Å². The number of rotatable bonds is 6. The van der Waals surface area contributed by atoms with E-state index in [2.05, 4.69) is 15.3 Å². The molecular weight excluding hydrogens is 478 g/mol. The van der Waals surface area contributed by atoms with Crippen molar-refractivity contribution < 1.29 is 27.1 Å². The van der Waals surface area contributed by atoms with E-state index in [9.17, 15) is 22.4 Å². The molecule has 0 aliphatic heterocycles. The molecule has 4 rings (SSSR count). The number of carbonyl (C=O) groups excluding carboxylic acids is 1. The van der Waals surface area contributed by atoms with Gasteiger partial charge in [-0.05, 0) is 66.7 Å². The topological polar surface area (TPSA) is 116 Å². The largest absolute Gasteiger partial charge is 0.487 e. The van der Waals surface area contributed by atoms with Crippen molar-refractivity contribution in [1.29, 1.82) is 0 Å². The Morgan fingerprint density at radius 2 is 1.72 bits per heavy atom. The minimum Gasteiger partial charge on any atom is -0.487 e. The quantitative estimate of drug-likeness (QED) is 0.312. The molecule has 0 aliphatic carbocycles. The molecule has 0 bridgehead atoms. The lowest BCUT2D eigenvalue weighted by atomic mass is 10.1. The number of aromatic nitrogens is 2. The summed E-state index contributed by atoms with van der Waals surface area (Å²) in [5.41, 5.74) is 12.3. The Kier molecular flexibility index (Phi) is 6.73. The minimum atomic E-state index is -4.46. The molecule has 0 aliphatic rings. The lowest BCUT2D eigenvalue weighted by Crippen LogP contribution is -2.14. The van der Waals surface area contributed by atoms with Crippen LogP contribution in [0.2, 0.25) is 0 Å². The molecule has 0 saturated heterocycles. The molecule has 0 radical (unpaired) electrons. The van der Waals surface area contributed by atoms with Crippen molar-refractivity contribution >= 4 is 23.1 Å². The molecule has 4 aromatic rings. The van der Waals surface area contributed by atoms with Crippen LogP contribution in [0.1, 0.15) is 21.6 Å². The molecule has 11 heteroatoms. The van der Waals surface area contributed by atoms with E-state index in [1.54, 1.807) is 24.3 Å². The second-order valence-corrected chi connectivity index (χ2v) is 7.67. The number of amides is 1. The average molecular weight is 497 g/mol. The van der Waals surface area contributed by atoms with Gasteiger partial charge in [-0.1, -0.05) is 0 Å². The molecule has 0 spiro atoms. The standard InChI is InChI=1S/C25H19F4N5O2/c26-20-8-1-14(22-10-9-21(30)23(31)34-22)11-19(20)24(35)33-16-4-6-18(7-5-16)36-13-17-3-2-15(12-32-17)25(27,28)29/h1-12H,13,30H2,(H2,31,34)(H,33,35). The number of pyridine rings is 2. The molecule has 1 amide bonds. The summed E-state index contributed by atoms with van der Waals surface area (Å²) in [5, 5.41) is 2.60. The van der Waals surface area contributed by atoms with Crippen molar-refractivity contribution in [1.82, 2.24) is 9.97 Å². The van der Waals surface area contributed by atoms with Crippen LogP contribution in [-0.4, -0.2) is 15.9 Å². The summed E-state index contributed by atoms with van der Waals surface area (Å²) in [7, 11) is 0. The van der Waals surface area contributed by atoms with Gasteiger partial charge in [-0.15, -0.1) is 0 Å². The normalized spacial score (nSPS) is 11.2. The van der Waals surface area contributed by atoms with E-state index in [-0.39, 0.29) is 18.0 Å². The number of halogens is 4. The first-order valence-electron chi connectivity index (χ1n) is 10.5. The zero-order chi connectivity index (χ0) is 25.9. The highest BCUT2D eigenvalue weighted by Gasteiger charge is 2.30. The van der Waals surface area contributed by atoms with E-state index >= 15 is 0 Å². The van der Waals surface area contributed by atoms with Crippen LogP contribution in [-0.2, 0) is 12.8 Å². The fourth-order valence-electron chi connectivity index (χ4n) is 3.17. The summed E-state index contributed by atoms with van der Waals surface area (Å²) in [6.45, 7) is -0.0501. The third-order valence-electron chi connectivity index (χ3n) is 5.12.